The summed E-state index contributed by atoms with van der Waals surface area (Å²) in [7, 11) is 0. The van der Waals surface area contributed by atoms with E-state index in [0.717, 1.165) is 5.56 Å². The smallest absolute Gasteiger partial charge is 0.123 e. The predicted molar refractivity (Wildman–Crippen MR) is 56.3 cm³/mol. The number of halogens is 1. The maximum atomic E-state index is 13.0. The van der Waals surface area contributed by atoms with Gasteiger partial charge in [0.05, 0.1) is 12.6 Å². The van der Waals surface area contributed by atoms with Gasteiger partial charge in [0, 0.05) is 0 Å². The van der Waals surface area contributed by atoms with Crippen molar-refractivity contribution in [2.75, 3.05) is 6.54 Å². The summed E-state index contributed by atoms with van der Waals surface area (Å²) < 4.78 is 13.0. The number of hydrogen-bond donors (Lipinski definition) is 1. The first-order valence-corrected chi connectivity index (χ1v) is 4.51. The highest BCUT2D eigenvalue weighted by molar-refractivity contribution is 5.33. The Morgan fingerprint density at radius 1 is 1.60 bits per heavy atom. The average molecular weight is 202 g/mol. The summed E-state index contributed by atoms with van der Waals surface area (Å²) >= 11 is 0. The van der Waals surface area contributed by atoms with Gasteiger partial charge >= 0.3 is 0 Å². The Morgan fingerprint density at radius 3 is 2.93 bits per heavy atom. The van der Waals surface area contributed by atoms with Crippen LogP contribution >= 0.6 is 0 Å². The number of terminal acetylenes is 1. The predicted octanol–water partition coefficient (Wildman–Crippen LogP) is 1.92. The van der Waals surface area contributed by atoms with E-state index in [1.165, 1.54) is 12.1 Å². The molecule has 3 heteroatoms. The van der Waals surface area contributed by atoms with Crippen LogP contribution in [0.2, 0.25) is 0 Å². The second-order valence-electron chi connectivity index (χ2n) is 3.15. The second kappa shape index (κ2) is 5.14. The monoisotopic (exact) mass is 202 g/mol. The van der Waals surface area contributed by atoms with Crippen LogP contribution in [0.25, 0.3) is 0 Å². The standard InChI is InChI=1S/C12H11FN2/c1-3-6-15-12(8-14)11-7-10(13)5-4-9(11)2/h1,4-5,7,12,15H,6H2,2H3. The van der Waals surface area contributed by atoms with Crippen molar-refractivity contribution in [1.29, 1.82) is 5.26 Å². The third-order valence-electron chi connectivity index (χ3n) is 2.09. The van der Waals surface area contributed by atoms with Crippen LogP contribution in [0.5, 0.6) is 0 Å². The average Bonchev–Trinajstić information content (AvgIpc) is 2.24. The summed E-state index contributed by atoms with van der Waals surface area (Å²) in [5.41, 5.74) is 1.50. The number of rotatable bonds is 3. The molecular weight excluding hydrogens is 191 g/mol. The third-order valence-corrected chi connectivity index (χ3v) is 2.09. The molecule has 1 rings (SSSR count). The zero-order valence-electron chi connectivity index (χ0n) is 8.42. The van der Waals surface area contributed by atoms with Gasteiger partial charge in [-0.05, 0) is 30.2 Å². The Hall–Kier alpha value is -1.84. The largest absolute Gasteiger partial charge is 0.287 e. The molecule has 0 spiro atoms. The number of hydrogen-bond acceptors (Lipinski definition) is 2. The Morgan fingerprint density at radius 2 is 2.33 bits per heavy atom. The van der Waals surface area contributed by atoms with Crippen LogP contribution in [0, 0.1) is 36.4 Å². The summed E-state index contributed by atoms with van der Waals surface area (Å²) in [5.74, 6) is 2.03. The van der Waals surface area contributed by atoms with Crippen LogP contribution in [0.1, 0.15) is 17.2 Å². The molecular formula is C12H11FN2. The highest BCUT2D eigenvalue weighted by Crippen LogP contribution is 2.18. The fourth-order valence-corrected chi connectivity index (χ4v) is 1.31. The fraction of sp³-hybridized carbons (Fsp3) is 0.250. The van der Waals surface area contributed by atoms with Gasteiger partial charge in [-0.25, -0.2) is 4.39 Å². The minimum Gasteiger partial charge on any atom is -0.287 e. The molecule has 1 N–H and O–H groups in total. The van der Waals surface area contributed by atoms with E-state index in [9.17, 15) is 4.39 Å². The second-order valence-corrected chi connectivity index (χ2v) is 3.15. The number of nitrogens with one attached hydrogen (secondary N) is 1. The molecule has 76 valence electrons. The van der Waals surface area contributed by atoms with Crippen molar-refractivity contribution < 1.29 is 4.39 Å². The molecule has 1 unspecified atom stereocenters. The van der Waals surface area contributed by atoms with Gasteiger partial charge in [0.2, 0.25) is 0 Å². The Bertz CT molecular complexity index is 426. The highest BCUT2D eigenvalue weighted by atomic mass is 19.1. The maximum absolute atomic E-state index is 13.0. The molecule has 15 heavy (non-hydrogen) atoms. The van der Waals surface area contributed by atoms with Crippen LogP contribution in [-0.2, 0) is 0 Å². The van der Waals surface area contributed by atoms with E-state index < -0.39 is 6.04 Å². The lowest BCUT2D eigenvalue weighted by Crippen LogP contribution is -2.21. The molecule has 1 aromatic rings. The van der Waals surface area contributed by atoms with Gasteiger partial charge < -0.3 is 0 Å². The zero-order chi connectivity index (χ0) is 11.3. The number of benzene rings is 1. The van der Waals surface area contributed by atoms with E-state index in [0.29, 0.717) is 5.56 Å². The van der Waals surface area contributed by atoms with Gasteiger partial charge in [-0.2, -0.15) is 5.26 Å². The van der Waals surface area contributed by atoms with Gasteiger partial charge in [-0.1, -0.05) is 12.0 Å². The highest BCUT2D eigenvalue weighted by Gasteiger charge is 2.12. The first kappa shape index (κ1) is 11.2. The summed E-state index contributed by atoms with van der Waals surface area (Å²) in [4.78, 5) is 0. The molecule has 0 heterocycles. The lowest BCUT2D eigenvalue weighted by molar-refractivity contribution is 0.616. The van der Waals surface area contributed by atoms with Crippen molar-refractivity contribution in [3.63, 3.8) is 0 Å². The molecule has 0 radical (unpaired) electrons. The van der Waals surface area contributed by atoms with E-state index in [1.54, 1.807) is 6.07 Å². The molecule has 2 nitrogen and oxygen atoms in total. The van der Waals surface area contributed by atoms with Gasteiger partial charge in [-0.3, -0.25) is 5.32 Å². The van der Waals surface area contributed by atoms with Crippen molar-refractivity contribution in [3.8, 4) is 18.4 Å². The van der Waals surface area contributed by atoms with E-state index in [1.807, 2.05) is 13.0 Å². The topological polar surface area (TPSA) is 35.8 Å². The molecule has 0 amide bonds. The van der Waals surface area contributed by atoms with E-state index >= 15 is 0 Å². The normalized spacial score (nSPS) is 11.5. The van der Waals surface area contributed by atoms with E-state index in [-0.39, 0.29) is 12.4 Å². The molecule has 0 saturated heterocycles. The van der Waals surface area contributed by atoms with E-state index in [2.05, 4.69) is 11.2 Å². The summed E-state index contributed by atoms with van der Waals surface area (Å²) in [6, 6.07) is 5.86. The Labute approximate surface area is 88.7 Å². The number of aryl methyl sites for hydroxylation is 1. The molecule has 0 saturated carbocycles. The van der Waals surface area contributed by atoms with Crippen LogP contribution < -0.4 is 5.32 Å². The lowest BCUT2D eigenvalue weighted by Gasteiger charge is -2.12. The molecule has 1 atom stereocenters. The van der Waals surface area contributed by atoms with Crippen molar-refractivity contribution in [1.82, 2.24) is 5.32 Å². The summed E-state index contributed by atoms with van der Waals surface area (Å²) in [6.07, 6.45) is 5.08. The van der Waals surface area contributed by atoms with Crippen molar-refractivity contribution >= 4 is 0 Å². The number of nitrogens with zero attached hydrogens (tertiary/aromatic N) is 1. The first-order valence-electron chi connectivity index (χ1n) is 4.51. The zero-order valence-corrected chi connectivity index (χ0v) is 8.42. The van der Waals surface area contributed by atoms with Crippen LogP contribution in [0.3, 0.4) is 0 Å². The number of nitriles is 1. The quantitative estimate of drug-likeness (QED) is 0.760. The van der Waals surface area contributed by atoms with Gasteiger partial charge in [-0.15, -0.1) is 6.42 Å². The first-order chi connectivity index (χ1) is 7.19. The minimum atomic E-state index is -0.559. The van der Waals surface area contributed by atoms with Gasteiger partial charge in [0.1, 0.15) is 11.9 Å². The maximum Gasteiger partial charge on any atom is 0.123 e. The van der Waals surface area contributed by atoms with Crippen LogP contribution in [-0.4, -0.2) is 6.54 Å². The summed E-state index contributed by atoms with van der Waals surface area (Å²) in [5, 5.41) is 11.8. The third kappa shape index (κ3) is 2.80. The summed E-state index contributed by atoms with van der Waals surface area (Å²) in [6.45, 7) is 2.12. The van der Waals surface area contributed by atoms with Gasteiger partial charge in [0.15, 0.2) is 0 Å². The van der Waals surface area contributed by atoms with Crippen molar-refractivity contribution in [2.24, 2.45) is 0 Å². The van der Waals surface area contributed by atoms with Crippen LogP contribution in [0.15, 0.2) is 18.2 Å². The van der Waals surface area contributed by atoms with Crippen molar-refractivity contribution in [2.45, 2.75) is 13.0 Å². The molecule has 1 aromatic carbocycles. The SMILES string of the molecule is C#CCNC(C#N)c1cc(F)ccc1C. The molecule has 0 aliphatic rings. The molecule has 0 aliphatic carbocycles. The van der Waals surface area contributed by atoms with Crippen molar-refractivity contribution in [3.05, 3.63) is 35.1 Å². The minimum absolute atomic E-state index is 0.286. The molecule has 0 aliphatic heterocycles. The van der Waals surface area contributed by atoms with E-state index in [4.69, 9.17) is 11.7 Å². The lowest BCUT2D eigenvalue weighted by atomic mass is 10.0. The fourth-order valence-electron chi connectivity index (χ4n) is 1.31. The Balaban J connectivity index is 2.97. The molecule has 0 bridgehead atoms. The van der Waals surface area contributed by atoms with Gasteiger partial charge in [0.25, 0.3) is 0 Å². The van der Waals surface area contributed by atoms with Crippen LogP contribution in [0.4, 0.5) is 4.39 Å². The molecule has 0 aromatic heterocycles. The Kier molecular flexibility index (Phi) is 3.85. The molecule has 0 fully saturated rings.